The minimum Gasteiger partial charge on any atom is -0.360 e. The molecule has 2 heterocycles. The molecule has 2 saturated heterocycles. The second-order valence-electron chi connectivity index (χ2n) is 6.38. The smallest absolute Gasteiger partial charge is 0.324 e. The number of carbonyl (C=O) groups is 2. The summed E-state index contributed by atoms with van der Waals surface area (Å²) in [5.41, 5.74) is 2.57. The number of aryl methyl sites for hydroxylation is 1. The quantitative estimate of drug-likeness (QED) is 0.800. The summed E-state index contributed by atoms with van der Waals surface area (Å²) in [6, 6.07) is 8.00. The van der Waals surface area contributed by atoms with Gasteiger partial charge in [-0.25, -0.2) is 4.79 Å². The van der Waals surface area contributed by atoms with E-state index in [4.69, 9.17) is 0 Å². The molecule has 0 saturated carbocycles. The fraction of sp³-hybridized carbons (Fsp3) is 0.529. The molecule has 2 fully saturated rings. The lowest BCUT2D eigenvalue weighted by atomic mass is 10.1. The maximum absolute atomic E-state index is 12.5. The van der Waals surface area contributed by atoms with Crippen LogP contribution in [0.15, 0.2) is 24.3 Å². The van der Waals surface area contributed by atoms with Gasteiger partial charge in [-0.3, -0.25) is 9.69 Å². The Labute approximate surface area is 137 Å². The molecule has 2 N–H and O–H groups in total. The van der Waals surface area contributed by atoms with Crippen LogP contribution in [0.25, 0.3) is 0 Å². The first-order chi connectivity index (χ1) is 11.1. The van der Waals surface area contributed by atoms with Crippen LogP contribution in [-0.2, 0) is 4.79 Å². The Morgan fingerprint density at radius 2 is 1.91 bits per heavy atom. The van der Waals surface area contributed by atoms with Gasteiger partial charge in [-0.05, 0) is 25.5 Å². The highest BCUT2D eigenvalue weighted by Gasteiger charge is 2.36. The maximum atomic E-state index is 12.5. The molecule has 6 heteroatoms. The van der Waals surface area contributed by atoms with Gasteiger partial charge < -0.3 is 15.1 Å². The lowest BCUT2D eigenvalue weighted by Crippen LogP contribution is -3.19. The molecule has 0 unspecified atom stereocenters. The zero-order valence-corrected chi connectivity index (χ0v) is 13.8. The summed E-state index contributed by atoms with van der Waals surface area (Å²) in [5.74, 6) is -0.0562. The normalized spacial score (nSPS) is 20.5. The van der Waals surface area contributed by atoms with Gasteiger partial charge in [0.2, 0.25) is 0 Å². The topological polar surface area (TPSA) is 57.1 Å². The molecule has 1 atom stereocenters. The second kappa shape index (κ2) is 6.58. The number of imide groups is 1. The van der Waals surface area contributed by atoms with Gasteiger partial charge in [-0.15, -0.1) is 0 Å². The van der Waals surface area contributed by atoms with E-state index >= 15 is 0 Å². The van der Waals surface area contributed by atoms with Crippen molar-refractivity contribution in [2.75, 3.05) is 44.2 Å². The number of hydrogen-bond acceptors (Lipinski definition) is 3. The largest absolute Gasteiger partial charge is 0.360 e. The molecule has 6 nitrogen and oxygen atoms in total. The van der Waals surface area contributed by atoms with Crippen molar-refractivity contribution >= 4 is 17.6 Å². The van der Waals surface area contributed by atoms with Crippen molar-refractivity contribution in [2.24, 2.45) is 0 Å². The molecule has 0 aliphatic carbocycles. The van der Waals surface area contributed by atoms with Crippen molar-refractivity contribution in [3.05, 3.63) is 29.8 Å². The molecule has 0 aromatic heterocycles. The predicted molar refractivity (Wildman–Crippen MR) is 88.7 cm³/mol. The van der Waals surface area contributed by atoms with Gasteiger partial charge in [0.1, 0.15) is 0 Å². The van der Waals surface area contributed by atoms with Crippen LogP contribution in [-0.4, -0.2) is 62.1 Å². The zero-order valence-electron chi connectivity index (χ0n) is 13.8. The number of urea groups is 1. The highest BCUT2D eigenvalue weighted by Crippen LogP contribution is 2.18. The Kier molecular flexibility index (Phi) is 4.52. The molecule has 23 heavy (non-hydrogen) atoms. The summed E-state index contributed by atoms with van der Waals surface area (Å²) < 4.78 is 0. The molecular weight excluding hydrogens is 292 g/mol. The molecule has 1 aromatic carbocycles. The number of nitrogens with one attached hydrogen (secondary N) is 2. The van der Waals surface area contributed by atoms with Crippen LogP contribution >= 0.6 is 0 Å². The standard InChI is InChI=1S/C17H24N4O2/c1-13-5-3-4-6-15(13)20-11-9-19(10-12-20)14(2)16(22)21-8-7-18-17(21)23/h3-6,14H,7-12H2,1-2H3,(H,18,23)/p+1/t14-/m0/s1. The van der Waals surface area contributed by atoms with Gasteiger partial charge in [0, 0.05) is 18.8 Å². The van der Waals surface area contributed by atoms with Gasteiger partial charge in [0.25, 0.3) is 5.91 Å². The summed E-state index contributed by atoms with van der Waals surface area (Å²) in [6.07, 6.45) is 0. The third-order valence-electron chi connectivity index (χ3n) is 4.97. The fourth-order valence-corrected chi connectivity index (χ4v) is 3.48. The summed E-state index contributed by atoms with van der Waals surface area (Å²) in [6.45, 7) is 8.82. The molecule has 2 aliphatic heterocycles. The Morgan fingerprint density at radius 3 is 2.52 bits per heavy atom. The number of para-hydroxylation sites is 1. The van der Waals surface area contributed by atoms with Crippen LogP contribution in [0.3, 0.4) is 0 Å². The number of carbonyl (C=O) groups excluding carboxylic acids is 2. The highest BCUT2D eigenvalue weighted by molar-refractivity contribution is 5.97. The highest BCUT2D eigenvalue weighted by atomic mass is 16.2. The number of piperazine rings is 1. The van der Waals surface area contributed by atoms with E-state index in [1.807, 2.05) is 6.92 Å². The third-order valence-corrected chi connectivity index (χ3v) is 4.97. The van der Waals surface area contributed by atoms with Crippen molar-refractivity contribution in [2.45, 2.75) is 19.9 Å². The minimum atomic E-state index is -0.250. The van der Waals surface area contributed by atoms with E-state index < -0.39 is 0 Å². The molecule has 1 aromatic rings. The van der Waals surface area contributed by atoms with Crippen molar-refractivity contribution < 1.29 is 14.5 Å². The van der Waals surface area contributed by atoms with E-state index in [-0.39, 0.29) is 18.0 Å². The first kappa shape index (κ1) is 15.8. The lowest BCUT2D eigenvalue weighted by Gasteiger charge is -2.37. The van der Waals surface area contributed by atoms with Crippen LogP contribution < -0.4 is 15.1 Å². The molecule has 0 spiro atoms. The van der Waals surface area contributed by atoms with E-state index in [1.165, 1.54) is 21.1 Å². The Morgan fingerprint density at radius 1 is 1.22 bits per heavy atom. The van der Waals surface area contributed by atoms with E-state index in [0.717, 1.165) is 26.2 Å². The van der Waals surface area contributed by atoms with E-state index in [1.54, 1.807) is 0 Å². The minimum absolute atomic E-state index is 0.0562. The number of hydrogen-bond donors (Lipinski definition) is 2. The summed E-state index contributed by atoms with van der Waals surface area (Å²) in [7, 11) is 0. The second-order valence-corrected chi connectivity index (χ2v) is 6.38. The monoisotopic (exact) mass is 317 g/mol. The van der Waals surface area contributed by atoms with Crippen LogP contribution in [0.5, 0.6) is 0 Å². The van der Waals surface area contributed by atoms with Crippen molar-refractivity contribution in [3.8, 4) is 0 Å². The van der Waals surface area contributed by atoms with Crippen LogP contribution in [0.4, 0.5) is 10.5 Å². The summed E-state index contributed by atoms with van der Waals surface area (Å²) in [4.78, 5) is 29.1. The average molecular weight is 317 g/mol. The molecular formula is C17H25N4O2+. The number of anilines is 1. The molecule has 3 amide bonds. The van der Waals surface area contributed by atoms with Gasteiger partial charge in [-0.1, -0.05) is 18.2 Å². The summed E-state index contributed by atoms with van der Waals surface area (Å²) >= 11 is 0. The number of nitrogens with zero attached hydrogens (tertiary/aromatic N) is 2. The van der Waals surface area contributed by atoms with E-state index in [9.17, 15) is 9.59 Å². The lowest BCUT2D eigenvalue weighted by molar-refractivity contribution is -0.915. The molecule has 124 valence electrons. The number of quaternary nitrogens is 1. The number of amides is 3. The molecule has 0 radical (unpaired) electrons. The Hall–Kier alpha value is -2.08. The maximum Gasteiger partial charge on any atom is 0.324 e. The van der Waals surface area contributed by atoms with Gasteiger partial charge in [0.05, 0.1) is 26.2 Å². The fourth-order valence-electron chi connectivity index (χ4n) is 3.48. The predicted octanol–water partition coefficient (Wildman–Crippen LogP) is -0.360. The van der Waals surface area contributed by atoms with Crippen LogP contribution in [0.2, 0.25) is 0 Å². The van der Waals surface area contributed by atoms with E-state index in [0.29, 0.717) is 13.1 Å². The zero-order chi connectivity index (χ0) is 16.4. The average Bonchev–Trinajstić information content (AvgIpc) is 3.00. The molecule has 0 bridgehead atoms. The van der Waals surface area contributed by atoms with Gasteiger partial charge in [0.15, 0.2) is 6.04 Å². The first-order valence-corrected chi connectivity index (χ1v) is 8.32. The van der Waals surface area contributed by atoms with Gasteiger partial charge >= 0.3 is 6.03 Å². The van der Waals surface area contributed by atoms with Crippen LogP contribution in [0.1, 0.15) is 12.5 Å². The number of rotatable bonds is 3. The SMILES string of the molecule is Cc1ccccc1N1CC[NH+]([C@@H](C)C(=O)N2CCNC2=O)CC1. The van der Waals surface area contributed by atoms with E-state index in [2.05, 4.69) is 41.4 Å². The third kappa shape index (κ3) is 3.17. The molecule has 3 rings (SSSR count). The first-order valence-electron chi connectivity index (χ1n) is 8.32. The summed E-state index contributed by atoms with van der Waals surface area (Å²) in [5, 5.41) is 2.69. The Balaban J connectivity index is 1.59. The van der Waals surface area contributed by atoms with Crippen molar-refractivity contribution in [3.63, 3.8) is 0 Å². The number of benzene rings is 1. The molecule has 2 aliphatic rings. The van der Waals surface area contributed by atoms with Crippen molar-refractivity contribution in [1.29, 1.82) is 0 Å². The van der Waals surface area contributed by atoms with Crippen molar-refractivity contribution in [1.82, 2.24) is 10.2 Å². The van der Waals surface area contributed by atoms with Gasteiger partial charge in [-0.2, -0.15) is 0 Å². The Bertz CT molecular complexity index is 596. The van der Waals surface area contributed by atoms with Crippen LogP contribution in [0, 0.1) is 6.92 Å².